The molecule has 3 aliphatic carbocycles. The summed E-state index contributed by atoms with van der Waals surface area (Å²) in [4.78, 5) is 13.0. The molecule has 0 spiro atoms. The zero-order valence-electron chi connectivity index (χ0n) is 22.7. The van der Waals surface area contributed by atoms with Crippen molar-refractivity contribution in [3.8, 4) is 0 Å². The number of aliphatic hydroxyl groups is 4. The molecule has 4 fully saturated rings. The van der Waals surface area contributed by atoms with Crippen molar-refractivity contribution in [3.63, 3.8) is 0 Å². The topological polar surface area (TPSA) is 107 Å². The van der Waals surface area contributed by atoms with Crippen LogP contribution >= 0.6 is 0 Å². The first-order valence-electron chi connectivity index (χ1n) is 14.3. The Kier molecular flexibility index (Phi) is 7.72. The molecule has 0 aromatic heterocycles. The Morgan fingerprint density at radius 2 is 1.63 bits per heavy atom. The molecule has 202 valence electrons. The van der Waals surface area contributed by atoms with Gasteiger partial charge in [-0.3, -0.25) is 4.79 Å². The molecule has 6 heteroatoms. The van der Waals surface area contributed by atoms with Gasteiger partial charge in [0.2, 0.25) is 0 Å². The first kappa shape index (κ1) is 27.3. The molecule has 1 saturated heterocycles. The summed E-state index contributed by atoms with van der Waals surface area (Å²) in [6.07, 6.45) is 2.49. The lowest BCUT2D eigenvalue weighted by Crippen LogP contribution is -2.55. The van der Waals surface area contributed by atoms with Crippen LogP contribution in [0.3, 0.4) is 0 Å². The predicted molar refractivity (Wildman–Crippen MR) is 134 cm³/mol. The lowest BCUT2D eigenvalue weighted by molar-refractivity contribution is -0.162. The summed E-state index contributed by atoms with van der Waals surface area (Å²) in [5.41, 5.74) is -0.348. The maximum atomic E-state index is 13.0. The van der Waals surface area contributed by atoms with Gasteiger partial charge in [0.15, 0.2) is 0 Å². The fraction of sp³-hybridized carbons (Fsp3) is 0.966. The van der Waals surface area contributed by atoms with Crippen LogP contribution < -0.4 is 0 Å². The summed E-state index contributed by atoms with van der Waals surface area (Å²) >= 11 is 0. The number of rotatable bonds is 6. The molecule has 13 atom stereocenters. The molecular weight excluding hydrogens is 444 g/mol. The molecule has 6 nitrogen and oxygen atoms in total. The largest absolute Gasteiger partial charge is 0.465 e. The van der Waals surface area contributed by atoms with Gasteiger partial charge >= 0.3 is 5.97 Å². The van der Waals surface area contributed by atoms with Gasteiger partial charge in [0.1, 0.15) is 0 Å². The Morgan fingerprint density at radius 3 is 2.26 bits per heavy atom. The number of hydrogen-bond acceptors (Lipinski definition) is 6. The van der Waals surface area contributed by atoms with Crippen molar-refractivity contribution in [1.82, 2.24) is 0 Å². The van der Waals surface area contributed by atoms with Crippen LogP contribution in [-0.2, 0) is 9.53 Å². The zero-order valence-corrected chi connectivity index (χ0v) is 22.7. The van der Waals surface area contributed by atoms with Crippen LogP contribution in [0.1, 0.15) is 86.5 Å². The van der Waals surface area contributed by atoms with E-state index in [1.54, 1.807) is 0 Å². The lowest BCUT2D eigenvalue weighted by atomic mass is 9.48. The highest BCUT2D eigenvalue weighted by Crippen LogP contribution is 2.66. The van der Waals surface area contributed by atoms with Gasteiger partial charge in [-0.25, -0.2) is 0 Å². The van der Waals surface area contributed by atoms with Gasteiger partial charge < -0.3 is 25.2 Å². The molecule has 35 heavy (non-hydrogen) atoms. The molecule has 4 unspecified atom stereocenters. The maximum Gasteiger partial charge on any atom is 0.309 e. The number of hydrogen-bond donors (Lipinski definition) is 4. The van der Waals surface area contributed by atoms with E-state index in [-0.39, 0.29) is 52.8 Å². The molecule has 4 aliphatic rings. The van der Waals surface area contributed by atoms with E-state index in [0.717, 1.165) is 32.1 Å². The van der Waals surface area contributed by atoms with Gasteiger partial charge in [-0.15, -0.1) is 0 Å². The number of aliphatic hydroxyl groups excluding tert-OH is 4. The molecule has 0 bridgehead atoms. The van der Waals surface area contributed by atoms with E-state index in [9.17, 15) is 25.2 Å². The smallest absolute Gasteiger partial charge is 0.309 e. The summed E-state index contributed by atoms with van der Waals surface area (Å²) in [7, 11) is 0. The number of fused-ring (bicyclic) bond motifs is 5. The zero-order chi connectivity index (χ0) is 25.9. The SMILES string of the molecule is CC[C@@H](C(C)C)[C@@H](O)[C@H](O)[C@@H](C)[C@H]1CCC2C3COC(=O)C4C[C@H](O)[C@H](O)C[C@]4(C)C3CC[C@@]21C. The second kappa shape index (κ2) is 9.89. The monoisotopic (exact) mass is 494 g/mol. The first-order valence-corrected chi connectivity index (χ1v) is 14.3. The van der Waals surface area contributed by atoms with E-state index >= 15 is 0 Å². The van der Waals surface area contributed by atoms with Crippen molar-refractivity contribution >= 4 is 5.97 Å². The summed E-state index contributed by atoms with van der Waals surface area (Å²) < 4.78 is 5.88. The molecule has 0 aromatic rings. The Labute approximate surface area is 211 Å². The normalized spacial score (nSPS) is 47.1. The Bertz CT molecular complexity index is 770. The Hall–Kier alpha value is -0.690. The van der Waals surface area contributed by atoms with Crippen LogP contribution in [0.25, 0.3) is 0 Å². The van der Waals surface area contributed by atoms with Crippen LogP contribution in [-0.4, -0.2) is 57.4 Å². The van der Waals surface area contributed by atoms with Crippen molar-refractivity contribution < 1.29 is 30.0 Å². The fourth-order valence-electron chi connectivity index (χ4n) is 9.60. The van der Waals surface area contributed by atoms with E-state index in [1.807, 2.05) is 0 Å². The Balaban J connectivity index is 1.57. The van der Waals surface area contributed by atoms with Gasteiger partial charge in [0.05, 0.1) is 36.9 Å². The van der Waals surface area contributed by atoms with Gasteiger partial charge in [-0.05, 0) is 90.8 Å². The highest BCUT2D eigenvalue weighted by Gasteiger charge is 2.63. The van der Waals surface area contributed by atoms with Crippen LogP contribution in [0.5, 0.6) is 0 Å². The van der Waals surface area contributed by atoms with Gasteiger partial charge in [0, 0.05) is 0 Å². The van der Waals surface area contributed by atoms with E-state index in [4.69, 9.17) is 4.74 Å². The molecule has 3 saturated carbocycles. The molecule has 0 aromatic carbocycles. The minimum absolute atomic E-state index is 0.00679. The minimum atomic E-state index is -0.867. The van der Waals surface area contributed by atoms with Crippen molar-refractivity contribution in [3.05, 3.63) is 0 Å². The third-order valence-corrected chi connectivity index (χ3v) is 11.7. The number of cyclic esters (lactones) is 1. The van der Waals surface area contributed by atoms with Gasteiger partial charge in [-0.2, -0.15) is 0 Å². The van der Waals surface area contributed by atoms with Crippen LogP contribution in [0, 0.1) is 58.2 Å². The maximum absolute atomic E-state index is 13.0. The summed E-state index contributed by atoms with van der Waals surface area (Å²) in [6, 6.07) is 0. The first-order chi connectivity index (χ1) is 16.4. The number of ether oxygens (including phenoxy) is 1. The van der Waals surface area contributed by atoms with Crippen LogP contribution in [0.2, 0.25) is 0 Å². The second-order valence-corrected chi connectivity index (χ2v) is 13.5. The van der Waals surface area contributed by atoms with Crippen molar-refractivity contribution in [2.45, 2.75) is 111 Å². The van der Waals surface area contributed by atoms with Crippen LogP contribution in [0.15, 0.2) is 0 Å². The standard InChI is InChI=1S/C29H50O6/c1-7-17(15(2)3)26(33)25(32)16(4)19-8-9-20-18-14-35-27(34)22-12-23(30)24(31)13-29(22,6)21(18)10-11-28(19,20)5/h15-26,30-33H,7-14H2,1-6H3/t16-,17-,18?,19+,20?,21?,22?,23-,24+,25+,26+,28+,29+/m0/s1. The molecule has 0 radical (unpaired) electrons. The highest BCUT2D eigenvalue weighted by molar-refractivity contribution is 5.74. The van der Waals surface area contributed by atoms with E-state index < -0.39 is 24.4 Å². The summed E-state index contributed by atoms with van der Waals surface area (Å²) in [6.45, 7) is 13.4. The highest BCUT2D eigenvalue weighted by atomic mass is 16.5. The van der Waals surface area contributed by atoms with Gasteiger partial charge in [-0.1, -0.05) is 48.0 Å². The molecule has 4 rings (SSSR count). The quantitative estimate of drug-likeness (QED) is 0.419. The van der Waals surface area contributed by atoms with Crippen molar-refractivity contribution in [2.75, 3.05) is 6.61 Å². The Morgan fingerprint density at radius 1 is 0.971 bits per heavy atom. The molecular formula is C29H50O6. The average molecular weight is 495 g/mol. The molecule has 1 aliphatic heterocycles. The molecule has 4 N–H and O–H groups in total. The predicted octanol–water partition coefficient (Wildman–Crippen LogP) is 3.78. The summed E-state index contributed by atoms with van der Waals surface area (Å²) in [5, 5.41) is 43.2. The number of esters is 1. The number of carbonyl (C=O) groups is 1. The van der Waals surface area contributed by atoms with Crippen molar-refractivity contribution in [2.24, 2.45) is 58.2 Å². The third kappa shape index (κ3) is 4.38. The second-order valence-electron chi connectivity index (χ2n) is 13.5. The molecule has 1 heterocycles. The minimum Gasteiger partial charge on any atom is -0.465 e. The van der Waals surface area contributed by atoms with E-state index in [0.29, 0.717) is 30.8 Å². The average Bonchev–Trinajstić information content (AvgIpc) is 3.11. The summed E-state index contributed by atoms with van der Waals surface area (Å²) in [5.74, 6) is 1.01. The van der Waals surface area contributed by atoms with E-state index in [1.165, 1.54) is 0 Å². The fourth-order valence-corrected chi connectivity index (χ4v) is 9.60. The van der Waals surface area contributed by atoms with Crippen molar-refractivity contribution in [1.29, 1.82) is 0 Å². The molecule has 0 amide bonds. The van der Waals surface area contributed by atoms with E-state index in [2.05, 4.69) is 41.5 Å². The number of carbonyl (C=O) groups excluding carboxylic acids is 1. The lowest BCUT2D eigenvalue weighted by Gasteiger charge is -2.56. The third-order valence-electron chi connectivity index (χ3n) is 11.7. The van der Waals surface area contributed by atoms with Gasteiger partial charge in [0.25, 0.3) is 0 Å². The van der Waals surface area contributed by atoms with Crippen LogP contribution in [0.4, 0.5) is 0 Å².